The monoisotopic (exact) mass is 257 g/mol. The average molecular weight is 257 g/mol. The van der Waals surface area contributed by atoms with Crippen LogP contribution in [-0.4, -0.2) is 38.4 Å². The van der Waals surface area contributed by atoms with Crippen molar-refractivity contribution < 1.29 is 14.3 Å². The maximum atomic E-state index is 11.7. The van der Waals surface area contributed by atoms with E-state index >= 15 is 0 Å². The van der Waals surface area contributed by atoms with Crippen LogP contribution >= 0.6 is 0 Å². The van der Waals surface area contributed by atoms with Gasteiger partial charge in [0.1, 0.15) is 5.54 Å². The predicted molar refractivity (Wildman–Crippen MR) is 71.5 cm³/mol. The molecule has 1 fully saturated rings. The summed E-state index contributed by atoms with van der Waals surface area (Å²) in [6, 6.07) is 0. The number of methoxy groups -OCH3 is 1. The molecule has 0 heterocycles. The van der Waals surface area contributed by atoms with Gasteiger partial charge in [0.25, 0.3) is 0 Å². The van der Waals surface area contributed by atoms with E-state index in [1.807, 2.05) is 6.92 Å². The third kappa shape index (κ3) is 3.69. The fraction of sp³-hybridized carbons (Fsp3) is 0.929. The summed E-state index contributed by atoms with van der Waals surface area (Å²) in [6.07, 6.45) is 6.34. The topological polar surface area (TPSA) is 47.6 Å². The third-order valence-electron chi connectivity index (χ3n) is 4.14. The highest BCUT2D eigenvalue weighted by Gasteiger charge is 2.35. The van der Waals surface area contributed by atoms with Crippen molar-refractivity contribution in [1.29, 1.82) is 0 Å². The second-order valence-corrected chi connectivity index (χ2v) is 5.38. The summed E-state index contributed by atoms with van der Waals surface area (Å²) < 4.78 is 10.8. The van der Waals surface area contributed by atoms with E-state index in [0.29, 0.717) is 18.6 Å². The van der Waals surface area contributed by atoms with Crippen molar-refractivity contribution in [3.63, 3.8) is 0 Å². The lowest BCUT2D eigenvalue weighted by Gasteiger charge is -2.34. The highest BCUT2D eigenvalue weighted by molar-refractivity contribution is 5.80. The molecule has 1 N–H and O–H groups in total. The molecule has 3 unspecified atom stereocenters. The van der Waals surface area contributed by atoms with Crippen molar-refractivity contribution >= 4 is 5.97 Å². The van der Waals surface area contributed by atoms with Gasteiger partial charge in [-0.3, -0.25) is 0 Å². The molecule has 106 valence electrons. The number of hydrogen-bond donors (Lipinski definition) is 1. The fourth-order valence-electron chi connectivity index (χ4n) is 2.59. The standard InChI is InChI=1S/C14H27NO3/c1-5-11-8-6-7-9-12(11)18-10-14(2,15-3)13(16)17-4/h11-12,15H,5-10H2,1-4H3. The van der Waals surface area contributed by atoms with Gasteiger partial charge in [0.2, 0.25) is 0 Å². The molecule has 0 bridgehead atoms. The first-order valence-electron chi connectivity index (χ1n) is 6.96. The SMILES string of the molecule is CCC1CCCCC1OCC(C)(NC)C(=O)OC. The minimum Gasteiger partial charge on any atom is -0.468 e. The molecule has 0 aliphatic heterocycles. The van der Waals surface area contributed by atoms with E-state index in [9.17, 15) is 4.79 Å². The van der Waals surface area contributed by atoms with Crippen molar-refractivity contribution in [2.45, 2.75) is 57.6 Å². The van der Waals surface area contributed by atoms with Crippen LogP contribution < -0.4 is 5.32 Å². The molecule has 0 amide bonds. The summed E-state index contributed by atoms with van der Waals surface area (Å²) in [4.78, 5) is 11.7. The Balaban J connectivity index is 2.53. The average Bonchev–Trinajstić information content (AvgIpc) is 2.44. The highest BCUT2D eigenvalue weighted by atomic mass is 16.5. The Morgan fingerprint density at radius 1 is 1.39 bits per heavy atom. The lowest BCUT2D eigenvalue weighted by Crippen LogP contribution is -2.53. The second kappa shape index (κ2) is 7.10. The van der Waals surface area contributed by atoms with Gasteiger partial charge in [0.05, 0.1) is 19.8 Å². The van der Waals surface area contributed by atoms with Crippen molar-refractivity contribution in [2.24, 2.45) is 5.92 Å². The van der Waals surface area contributed by atoms with Crippen molar-refractivity contribution in [2.75, 3.05) is 20.8 Å². The van der Waals surface area contributed by atoms with E-state index in [-0.39, 0.29) is 5.97 Å². The van der Waals surface area contributed by atoms with Crippen LogP contribution in [0.2, 0.25) is 0 Å². The Labute approximate surface area is 110 Å². The van der Waals surface area contributed by atoms with Gasteiger partial charge in [-0.1, -0.05) is 26.2 Å². The number of carbonyl (C=O) groups is 1. The molecule has 0 saturated heterocycles. The van der Waals surface area contributed by atoms with E-state index in [1.54, 1.807) is 7.05 Å². The van der Waals surface area contributed by atoms with Crippen LogP contribution in [0.5, 0.6) is 0 Å². The largest absolute Gasteiger partial charge is 0.468 e. The fourth-order valence-corrected chi connectivity index (χ4v) is 2.59. The summed E-state index contributed by atoms with van der Waals surface area (Å²) in [5.41, 5.74) is -0.746. The second-order valence-electron chi connectivity index (χ2n) is 5.38. The number of esters is 1. The molecule has 1 aliphatic rings. The number of ether oxygens (including phenoxy) is 2. The van der Waals surface area contributed by atoms with Crippen LogP contribution in [0.15, 0.2) is 0 Å². The van der Waals surface area contributed by atoms with Gasteiger partial charge < -0.3 is 14.8 Å². The van der Waals surface area contributed by atoms with Gasteiger partial charge >= 0.3 is 5.97 Å². The maximum Gasteiger partial charge on any atom is 0.328 e. The zero-order valence-electron chi connectivity index (χ0n) is 12.1. The molecule has 0 aromatic carbocycles. The highest BCUT2D eigenvalue weighted by Crippen LogP contribution is 2.29. The van der Waals surface area contributed by atoms with Crippen LogP contribution in [0.1, 0.15) is 46.0 Å². The van der Waals surface area contributed by atoms with E-state index in [0.717, 1.165) is 12.8 Å². The number of rotatable bonds is 6. The van der Waals surface area contributed by atoms with Gasteiger partial charge in [-0.25, -0.2) is 4.79 Å². The van der Waals surface area contributed by atoms with Crippen molar-refractivity contribution in [1.82, 2.24) is 5.32 Å². The van der Waals surface area contributed by atoms with Gasteiger partial charge in [0, 0.05) is 0 Å². The Bertz CT molecular complexity index is 270. The van der Waals surface area contributed by atoms with Gasteiger partial charge in [-0.2, -0.15) is 0 Å². The zero-order valence-corrected chi connectivity index (χ0v) is 12.1. The van der Waals surface area contributed by atoms with Crippen LogP contribution in [0.25, 0.3) is 0 Å². The lowest BCUT2D eigenvalue weighted by atomic mass is 9.84. The number of hydrogen-bond acceptors (Lipinski definition) is 4. The Morgan fingerprint density at radius 3 is 2.61 bits per heavy atom. The molecule has 0 radical (unpaired) electrons. The molecular weight excluding hydrogens is 230 g/mol. The van der Waals surface area contributed by atoms with Crippen LogP contribution in [0.4, 0.5) is 0 Å². The van der Waals surface area contributed by atoms with Crippen LogP contribution in [0, 0.1) is 5.92 Å². The zero-order chi connectivity index (χ0) is 13.6. The number of likely N-dealkylation sites (N-methyl/N-ethyl adjacent to an activating group) is 1. The number of nitrogens with one attached hydrogen (secondary N) is 1. The first-order chi connectivity index (χ1) is 8.57. The van der Waals surface area contributed by atoms with Crippen LogP contribution in [-0.2, 0) is 14.3 Å². The predicted octanol–water partition coefficient (Wildman–Crippen LogP) is 2.12. The molecule has 0 aromatic rings. The molecule has 1 rings (SSSR count). The molecule has 0 aromatic heterocycles. The van der Waals surface area contributed by atoms with Crippen molar-refractivity contribution in [3.8, 4) is 0 Å². The molecule has 4 nitrogen and oxygen atoms in total. The molecule has 4 heteroatoms. The third-order valence-corrected chi connectivity index (χ3v) is 4.14. The molecule has 1 aliphatic carbocycles. The van der Waals surface area contributed by atoms with Crippen LogP contribution in [0.3, 0.4) is 0 Å². The quantitative estimate of drug-likeness (QED) is 0.740. The van der Waals surface area contributed by atoms with E-state index in [2.05, 4.69) is 12.2 Å². The van der Waals surface area contributed by atoms with E-state index < -0.39 is 5.54 Å². The van der Waals surface area contributed by atoms with E-state index in [4.69, 9.17) is 9.47 Å². The molecule has 0 spiro atoms. The number of carbonyl (C=O) groups excluding carboxylic acids is 1. The molecular formula is C14H27NO3. The van der Waals surface area contributed by atoms with Crippen molar-refractivity contribution in [3.05, 3.63) is 0 Å². The minimum absolute atomic E-state index is 0.270. The Kier molecular flexibility index (Phi) is 6.09. The molecule has 1 saturated carbocycles. The van der Waals surface area contributed by atoms with Gasteiger partial charge in [-0.05, 0) is 32.7 Å². The summed E-state index contributed by atoms with van der Waals surface area (Å²) in [5, 5.41) is 3.00. The smallest absolute Gasteiger partial charge is 0.328 e. The lowest BCUT2D eigenvalue weighted by molar-refractivity contribution is -0.152. The Morgan fingerprint density at radius 2 is 2.06 bits per heavy atom. The summed E-state index contributed by atoms with van der Waals surface area (Å²) >= 11 is 0. The van der Waals surface area contributed by atoms with E-state index in [1.165, 1.54) is 26.4 Å². The first-order valence-corrected chi connectivity index (χ1v) is 6.96. The normalized spacial score (nSPS) is 27.6. The van der Waals surface area contributed by atoms with Gasteiger partial charge in [0.15, 0.2) is 0 Å². The maximum absolute atomic E-state index is 11.7. The first kappa shape index (κ1) is 15.4. The summed E-state index contributed by atoms with van der Waals surface area (Å²) in [6.45, 7) is 4.41. The summed E-state index contributed by atoms with van der Waals surface area (Å²) in [5.74, 6) is 0.367. The minimum atomic E-state index is -0.746. The molecule has 18 heavy (non-hydrogen) atoms. The van der Waals surface area contributed by atoms with Gasteiger partial charge in [-0.15, -0.1) is 0 Å². The molecule has 3 atom stereocenters. The summed E-state index contributed by atoms with van der Waals surface area (Å²) in [7, 11) is 3.17. The Hall–Kier alpha value is -0.610.